The standard InChI is InChI=1S/C40H62/c1-31(19-13-21-33(3)25-27-37-35(5)23-15-29-39(37,7)8)17-11-12-18-32(2)20-14-22-34(4)26-28-38-36(6)24-16-30-40(38,9)10/h11-14,17-21,25,27,34,36,38H,15-16,22-24,26,28-30H2,1-10H3/b12-11+,19-13+,20-14+,27-25+,31-17+,32-18+,33-21+/t34?,36-,38+/m1/s1. The topological polar surface area (TPSA) is 0 Å². The minimum Gasteiger partial charge on any atom is -0.0840 e. The molecule has 0 N–H and O–H groups in total. The van der Waals surface area contributed by atoms with Crippen LogP contribution in [0.15, 0.2) is 94.7 Å². The molecule has 1 saturated carbocycles. The van der Waals surface area contributed by atoms with Gasteiger partial charge in [-0.2, -0.15) is 0 Å². The SMILES string of the molecule is CC1=C(/C=C/C(C)=C/C=C/C(C)=C/C=C/C=C(C)/C=C/CC(C)CC[C@H]2[C@H](C)CCCC2(C)C)C(C)(C)CCC1. The molecular weight excluding hydrogens is 480 g/mol. The van der Waals surface area contributed by atoms with Crippen LogP contribution in [0.5, 0.6) is 0 Å². The molecule has 0 heteroatoms. The predicted octanol–water partition coefficient (Wildman–Crippen LogP) is 12.8. The Hall–Kier alpha value is -2.08. The lowest BCUT2D eigenvalue weighted by Gasteiger charge is -2.43. The molecule has 222 valence electrons. The Balaban J connectivity index is 1.78. The number of hydrogen-bond donors (Lipinski definition) is 0. The van der Waals surface area contributed by atoms with E-state index in [-0.39, 0.29) is 0 Å². The average molecular weight is 543 g/mol. The summed E-state index contributed by atoms with van der Waals surface area (Å²) in [4.78, 5) is 0. The van der Waals surface area contributed by atoms with Crippen molar-refractivity contribution in [3.63, 3.8) is 0 Å². The van der Waals surface area contributed by atoms with Crippen LogP contribution in [0.25, 0.3) is 0 Å². The quantitative estimate of drug-likeness (QED) is 0.215. The van der Waals surface area contributed by atoms with Gasteiger partial charge < -0.3 is 0 Å². The van der Waals surface area contributed by atoms with Crippen molar-refractivity contribution >= 4 is 0 Å². The summed E-state index contributed by atoms with van der Waals surface area (Å²) in [5.74, 6) is 2.54. The van der Waals surface area contributed by atoms with E-state index < -0.39 is 0 Å². The molecule has 2 aliphatic rings. The maximum Gasteiger partial charge on any atom is -0.0104 e. The van der Waals surface area contributed by atoms with E-state index in [4.69, 9.17) is 0 Å². The van der Waals surface area contributed by atoms with Crippen LogP contribution >= 0.6 is 0 Å². The first kappa shape index (κ1) is 34.1. The zero-order valence-corrected chi connectivity index (χ0v) is 27.9. The molecule has 3 atom stereocenters. The maximum absolute atomic E-state index is 2.50. The Labute approximate surface area is 249 Å². The molecule has 2 aliphatic carbocycles. The zero-order valence-electron chi connectivity index (χ0n) is 27.9. The number of allylic oxidation sites excluding steroid dienone is 16. The molecule has 0 saturated heterocycles. The van der Waals surface area contributed by atoms with Gasteiger partial charge in [-0.05, 0) is 100 Å². The lowest BCUT2D eigenvalue weighted by atomic mass is 9.62. The monoisotopic (exact) mass is 542 g/mol. The van der Waals surface area contributed by atoms with Gasteiger partial charge in [0, 0.05) is 0 Å². The fourth-order valence-corrected chi connectivity index (χ4v) is 6.94. The predicted molar refractivity (Wildman–Crippen MR) is 181 cm³/mol. The second kappa shape index (κ2) is 16.4. The Bertz CT molecular complexity index is 1040. The molecule has 0 aromatic heterocycles. The third kappa shape index (κ3) is 11.8. The highest BCUT2D eigenvalue weighted by molar-refractivity contribution is 5.37. The van der Waals surface area contributed by atoms with E-state index in [1.807, 2.05) is 0 Å². The smallest absolute Gasteiger partial charge is 0.0104 e. The van der Waals surface area contributed by atoms with Gasteiger partial charge in [0.1, 0.15) is 0 Å². The molecule has 0 bridgehead atoms. The van der Waals surface area contributed by atoms with E-state index in [0.29, 0.717) is 10.8 Å². The Morgan fingerprint density at radius 2 is 1.48 bits per heavy atom. The molecule has 1 unspecified atom stereocenters. The third-order valence-electron chi connectivity index (χ3n) is 9.66. The second-order valence-corrected chi connectivity index (χ2v) is 14.5. The summed E-state index contributed by atoms with van der Waals surface area (Å²) in [6.07, 6.45) is 36.5. The summed E-state index contributed by atoms with van der Waals surface area (Å²) in [7, 11) is 0. The Kier molecular flexibility index (Phi) is 14.0. The van der Waals surface area contributed by atoms with Crippen LogP contribution in [-0.4, -0.2) is 0 Å². The highest BCUT2D eigenvalue weighted by atomic mass is 14.4. The van der Waals surface area contributed by atoms with Crippen molar-refractivity contribution in [2.24, 2.45) is 28.6 Å². The summed E-state index contributed by atoms with van der Waals surface area (Å²) >= 11 is 0. The van der Waals surface area contributed by atoms with Crippen molar-refractivity contribution in [3.8, 4) is 0 Å². The second-order valence-electron chi connectivity index (χ2n) is 14.5. The van der Waals surface area contributed by atoms with Gasteiger partial charge >= 0.3 is 0 Å². The summed E-state index contributed by atoms with van der Waals surface area (Å²) in [5, 5.41) is 0. The van der Waals surface area contributed by atoms with Crippen molar-refractivity contribution in [2.75, 3.05) is 0 Å². The van der Waals surface area contributed by atoms with E-state index in [9.17, 15) is 0 Å². The molecule has 1 fully saturated rings. The van der Waals surface area contributed by atoms with Crippen LogP contribution in [0.4, 0.5) is 0 Å². The summed E-state index contributed by atoms with van der Waals surface area (Å²) < 4.78 is 0. The van der Waals surface area contributed by atoms with Crippen LogP contribution in [0.3, 0.4) is 0 Å². The maximum atomic E-state index is 2.50. The molecule has 0 aromatic carbocycles. The van der Waals surface area contributed by atoms with Crippen LogP contribution in [0, 0.1) is 28.6 Å². The Morgan fingerprint density at radius 3 is 2.12 bits per heavy atom. The molecule has 0 heterocycles. The van der Waals surface area contributed by atoms with Gasteiger partial charge in [0.05, 0.1) is 0 Å². The van der Waals surface area contributed by atoms with Crippen molar-refractivity contribution in [1.82, 2.24) is 0 Å². The fraction of sp³-hybridized carbons (Fsp3) is 0.600. The van der Waals surface area contributed by atoms with Crippen molar-refractivity contribution < 1.29 is 0 Å². The highest BCUT2D eigenvalue weighted by Crippen LogP contribution is 2.46. The van der Waals surface area contributed by atoms with Gasteiger partial charge in [0.15, 0.2) is 0 Å². The van der Waals surface area contributed by atoms with E-state index in [0.717, 1.165) is 17.8 Å². The van der Waals surface area contributed by atoms with E-state index in [1.54, 1.807) is 5.57 Å². The molecule has 0 aliphatic heterocycles. The van der Waals surface area contributed by atoms with Gasteiger partial charge in [0.25, 0.3) is 0 Å². The lowest BCUT2D eigenvalue weighted by molar-refractivity contribution is 0.0712. The highest BCUT2D eigenvalue weighted by Gasteiger charge is 2.36. The Morgan fingerprint density at radius 1 is 0.850 bits per heavy atom. The number of hydrogen-bond acceptors (Lipinski definition) is 0. The van der Waals surface area contributed by atoms with Crippen LogP contribution < -0.4 is 0 Å². The minimum atomic E-state index is 0.298. The summed E-state index contributed by atoms with van der Waals surface area (Å²) in [6, 6.07) is 0. The van der Waals surface area contributed by atoms with E-state index >= 15 is 0 Å². The molecule has 40 heavy (non-hydrogen) atoms. The van der Waals surface area contributed by atoms with E-state index in [2.05, 4.69) is 136 Å². The fourth-order valence-electron chi connectivity index (χ4n) is 6.94. The molecule has 0 aromatic rings. The average Bonchev–Trinajstić information content (AvgIpc) is 2.85. The molecule has 0 nitrogen and oxygen atoms in total. The van der Waals surface area contributed by atoms with Gasteiger partial charge in [-0.15, -0.1) is 0 Å². The zero-order chi connectivity index (χ0) is 29.8. The van der Waals surface area contributed by atoms with Crippen LogP contribution in [-0.2, 0) is 0 Å². The normalized spacial score (nSPS) is 25.7. The minimum absolute atomic E-state index is 0.298. The first-order valence-corrected chi connectivity index (χ1v) is 16.2. The largest absolute Gasteiger partial charge is 0.0840 e. The lowest BCUT2D eigenvalue weighted by Crippen LogP contribution is -2.33. The molecule has 0 radical (unpaired) electrons. The molecule has 0 spiro atoms. The summed E-state index contributed by atoms with van der Waals surface area (Å²) in [5.41, 5.74) is 7.75. The number of rotatable bonds is 12. The van der Waals surface area contributed by atoms with E-state index in [1.165, 1.54) is 80.1 Å². The molecule has 2 rings (SSSR count). The van der Waals surface area contributed by atoms with Crippen LogP contribution in [0.1, 0.15) is 127 Å². The van der Waals surface area contributed by atoms with Gasteiger partial charge in [0.2, 0.25) is 0 Å². The first-order valence-electron chi connectivity index (χ1n) is 16.2. The molecular formula is C40H62. The van der Waals surface area contributed by atoms with Crippen molar-refractivity contribution in [1.29, 1.82) is 0 Å². The third-order valence-corrected chi connectivity index (χ3v) is 9.66. The summed E-state index contributed by atoms with van der Waals surface area (Å²) in [6.45, 7) is 23.5. The van der Waals surface area contributed by atoms with Crippen molar-refractivity contribution in [3.05, 3.63) is 94.7 Å². The van der Waals surface area contributed by atoms with Crippen molar-refractivity contribution in [2.45, 2.75) is 127 Å². The first-order chi connectivity index (χ1) is 18.8. The molecule has 0 amide bonds. The van der Waals surface area contributed by atoms with Gasteiger partial charge in [-0.25, -0.2) is 0 Å². The van der Waals surface area contributed by atoms with Crippen LogP contribution in [0.2, 0.25) is 0 Å². The van der Waals surface area contributed by atoms with Gasteiger partial charge in [-0.1, -0.05) is 150 Å². The van der Waals surface area contributed by atoms with Gasteiger partial charge in [-0.3, -0.25) is 0 Å².